The van der Waals surface area contributed by atoms with E-state index >= 15 is 0 Å². The van der Waals surface area contributed by atoms with Gasteiger partial charge in [-0.2, -0.15) is 0 Å². The van der Waals surface area contributed by atoms with Crippen molar-refractivity contribution in [2.24, 2.45) is 0 Å². The lowest BCUT2D eigenvalue weighted by Gasteiger charge is -2.08. The van der Waals surface area contributed by atoms with Gasteiger partial charge in [-0.15, -0.1) is 0 Å². The third kappa shape index (κ3) is 1.40. The molecule has 0 saturated carbocycles. The molecule has 1 nitrogen and oxygen atoms in total. The second-order valence-electron chi connectivity index (χ2n) is 2.98. The van der Waals surface area contributed by atoms with Crippen molar-refractivity contribution in [3.63, 3.8) is 0 Å². The first-order valence-corrected chi connectivity index (χ1v) is 4.28. The molecule has 0 aliphatic carbocycles. The van der Waals surface area contributed by atoms with Crippen molar-refractivity contribution in [3.8, 4) is 0 Å². The van der Waals surface area contributed by atoms with Gasteiger partial charge in [-0.25, -0.2) is 0 Å². The van der Waals surface area contributed by atoms with Crippen LogP contribution in [0.15, 0.2) is 12.8 Å². The number of aromatic nitrogens is 1. The van der Waals surface area contributed by atoms with Crippen LogP contribution in [0.1, 0.15) is 29.3 Å². The molecule has 0 spiro atoms. The van der Waals surface area contributed by atoms with Gasteiger partial charge in [0.2, 0.25) is 0 Å². The Labute approximate surface area is 74.2 Å². The molecule has 1 heteroatoms. The SMILES string of the molecule is C=Cc1c(C)cnc(C)c1CC. The lowest BCUT2D eigenvalue weighted by atomic mass is 10.0. The molecule has 0 saturated heterocycles. The number of hydrogen-bond donors (Lipinski definition) is 0. The Bertz CT molecular complexity index is 300. The number of nitrogens with zero attached hydrogens (tertiary/aromatic N) is 1. The van der Waals surface area contributed by atoms with Crippen molar-refractivity contribution >= 4 is 6.08 Å². The average molecular weight is 161 g/mol. The van der Waals surface area contributed by atoms with E-state index in [0.29, 0.717) is 0 Å². The third-order valence-corrected chi connectivity index (χ3v) is 2.20. The molecular formula is C11H15N. The van der Waals surface area contributed by atoms with E-state index in [0.717, 1.165) is 12.1 Å². The molecule has 0 bridgehead atoms. The fourth-order valence-corrected chi connectivity index (χ4v) is 1.50. The Morgan fingerprint density at radius 2 is 2.17 bits per heavy atom. The Hall–Kier alpha value is -1.11. The van der Waals surface area contributed by atoms with Crippen molar-refractivity contribution in [3.05, 3.63) is 35.2 Å². The zero-order valence-corrected chi connectivity index (χ0v) is 8.02. The van der Waals surface area contributed by atoms with Gasteiger partial charge < -0.3 is 0 Å². The highest BCUT2D eigenvalue weighted by Crippen LogP contribution is 2.17. The van der Waals surface area contributed by atoms with Gasteiger partial charge in [0.25, 0.3) is 0 Å². The van der Waals surface area contributed by atoms with Crippen LogP contribution in [0.4, 0.5) is 0 Å². The highest BCUT2D eigenvalue weighted by Gasteiger charge is 2.04. The van der Waals surface area contributed by atoms with E-state index in [2.05, 4.69) is 25.4 Å². The van der Waals surface area contributed by atoms with Gasteiger partial charge in [0, 0.05) is 11.9 Å². The Morgan fingerprint density at radius 3 is 2.58 bits per heavy atom. The molecular weight excluding hydrogens is 146 g/mol. The van der Waals surface area contributed by atoms with E-state index in [1.807, 2.05) is 19.2 Å². The number of pyridine rings is 1. The van der Waals surface area contributed by atoms with Gasteiger partial charge >= 0.3 is 0 Å². The maximum Gasteiger partial charge on any atom is 0.0410 e. The van der Waals surface area contributed by atoms with Crippen LogP contribution < -0.4 is 0 Å². The molecule has 1 aromatic heterocycles. The van der Waals surface area contributed by atoms with Crippen LogP contribution in [0.3, 0.4) is 0 Å². The number of hydrogen-bond acceptors (Lipinski definition) is 1. The topological polar surface area (TPSA) is 12.9 Å². The third-order valence-electron chi connectivity index (χ3n) is 2.20. The molecule has 0 amide bonds. The summed E-state index contributed by atoms with van der Waals surface area (Å²) in [4.78, 5) is 4.31. The molecule has 1 heterocycles. The molecule has 12 heavy (non-hydrogen) atoms. The monoisotopic (exact) mass is 161 g/mol. The fraction of sp³-hybridized carbons (Fsp3) is 0.364. The first-order chi connectivity index (χ1) is 5.70. The van der Waals surface area contributed by atoms with Gasteiger partial charge in [0.05, 0.1) is 0 Å². The van der Waals surface area contributed by atoms with Crippen LogP contribution in [0.5, 0.6) is 0 Å². The Morgan fingerprint density at radius 1 is 1.50 bits per heavy atom. The molecule has 0 fully saturated rings. The van der Waals surface area contributed by atoms with Crippen molar-refractivity contribution in [1.29, 1.82) is 0 Å². The van der Waals surface area contributed by atoms with E-state index in [1.165, 1.54) is 16.7 Å². The summed E-state index contributed by atoms with van der Waals surface area (Å²) < 4.78 is 0. The maximum atomic E-state index is 4.31. The van der Waals surface area contributed by atoms with Crippen molar-refractivity contribution in [1.82, 2.24) is 4.98 Å². The smallest absolute Gasteiger partial charge is 0.0410 e. The average Bonchev–Trinajstić information content (AvgIpc) is 2.08. The summed E-state index contributed by atoms with van der Waals surface area (Å²) in [6.45, 7) is 10.1. The van der Waals surface area contributed by atoms with Crippen LogP contribution in [0.2, 0.25) is 0 Å². The maximum absolute atomic E-state index is 4.31. The van der Waals surface area contributed by atoms with Gasteiger partial charge in [-0.3, -0.25) is 4.98 Å². The van der Waals surface area contributed by atoms with Crippen molar-refractivity contribution < 1.29 is 0 Å². The fourth-order valence-electron chi connectivity index (χ4n) is 1.50. The van der Waals surface area contributed by atoms with Crippen LogP contribution in [-0.2, 0) is 6.42 Å². The second kappa shape index (κ2) is 3.53. The first kappa shape index (κ1) is 8.98. The molecule has 0 aromatic carbocycles. The molecule has 64 valence electrons. The van der Waals surface area contributed by atoms with E-state index in [1.54, 1.807) is 0 Å². The van der Waals surface area contributed by atoms with Gasteiger partial charge in [0.15, 0.2) is 0 Å². The van der Waals surface area contributed by atoms with E-state index in [-0.39, 0.29) is 0 Å². The van der Waals surface area contributed by atoms with Crippen LogP contribution >= 0.6 is 0 Å². The zero-order chi connectivity index (χ0) is 9.14. The summed E-state index contributed by atoms with van der Waals surface area (Å²) >= 11 is 0. The van der Waals surface area contributed by atoms with Crippen LogP contribution in [-0.4, -0.2) is 4.98 Å². The van der Waals surface area contributed by atoms with E-state index in [4.69, 9.17) is 0 Å². The molecule has 0 unspecified atom stereocenters. The van der Waals surface area contributed by atoms with Crippen LogP contribution in [0.25, 0.3) is 6.08 Å². The molecule has 0 N–H and O–H groups in total. The minimum Gasteiger partial charge on any atom is -0.261 e. The summed E-state index contributed by atoms with van der Waals surface area (Å²) in [6, 6.07) is 0. The molecule has 0 aliphatic heterocycles. The number of aryl methyl sites for hydroxylation is 2. The zero-order valence-electron chi connectivity index (χ0n) is 8.02. The molecule has 0 atom stereocenters. The van der Waals surface area contributed by atoms with Crippen molar-refractivity contribution in [2.45, 2.75) is 27.2 Å². The minimum atomic E-state index is 1.03. The highest BCUT2D eigenvalue weighted by atomic mass is 14.7. The van der Waals surface area contributed by atoms with Gasteiger partial charge in [-0.1, -0.05) is 19.6 Å². The molecule has 0 radical (unpaired) electrons. The predicted molar refractivity (Wildman–Crippen MR) is 53.2 cm³/mol. The summed E-state index contributed by atoms with van der Waals surface area (Å²) in [5, 5.41) is 0. The Balaban J connectivity index is 3.38. The van der Waals surface area contributed by atoms with Gasteiger partial charge in [-0.05, 0) is 37.0 Å². The molecule has 1 aromatic rings. The molecule has 0 aliphatic rings. The summed E-state index contributed by atoms with van der Waals surface area (Å²) in [5.74, 6) is 0. The van der Waals surface area contributed by atoms with E-state index in [9.17, 15) is 0 Å². The quantitative estimate of drug-likeness (QED) is 0.650. The lowest BCUT2D eigenvalue weighted by molar-refractivity contribution is 1.03. The minimum absolute atomic E-state index is 1.03. The molecule has 1 rings (SSSR count). The normalized spacial score (nSPS) is 9.92. The number of rotatable bonds is 2. The largest absolute Gasteiger partial charge is 0.261 e. The second-order valence-corrected chi connectivity index (χ2v) is 2.98. The van der Waals surface area contributed by atoms with Gasteiger partial charge in [0.1, 0.15) is 0 Å². The summed E-state index contributed by atoms with van der Waals surface area (Å²) in [7, 11) is 0. The lowest BCUT2D eigenvalue weighted by Crippen LogP contribution is -1.97. The Kier molecular flexibility index (Phi) is 2.64. The summed E-state index contributed by atoms with van der Waals surface area (Å²) in [5.41, 5.74) is 4.92. The summed E-state index contributed by atoms with van der Waals surface area (Å²) in [6.07, 6.45) is 4.86. The highest BCUT2D eigenvalue weighted by molar-refractivity contribution is 5.56. The first-order valence-electron chi connectivity index (χ1n) is 4.28. The van der Waals surface area contributed by atoms with Crippen molar-refractivity contribution in [2.75, 3.05) is 0 Å². The predicted octanol–water partition coefficient (Wildman–Crippen LogP) is 2.90. The van der Waals surface area contributed by atoms with Crippen LogP contribution in [0, 0.1) is 13.8 Å². The van der Waals surface area contributed by atoms with E-state index < -0.39 is 0 Å². The standard InChI is InChI=1S/C11H15N/c1-5-10-8(3)7-12-9(4)11(10)6-2/h5,7H,1,6H2,2-4H3.